The standard InChI is InChI=1S/C20H20FN3O3/c1-3-24(12-15-7-6-8-16(21)11-15)20(25)17-9-4-5-10-18(17)26-13-19-22-14(2)27-23-19/h4-11H,3,12-13H2,1-2H3. The van der Waals surface area contributed by atoms with Crippen molar-refractivity contribution in [1.82, 2.24) is 15.0 Å². The molecule has 2 aromatic carbocycles. The summed E-state index contributed by atoms with van der Waals surface area (Å²) in [5.74, 6) is 0.770. The van der Waals surface area contributed by atoms with Crippen LogP contribution >= 0.6 is 0 Å². The molecule has 0 radical (unpaired) electrons. The highest BCUT2D eigenvalue weighted by Crippen LogP contribution is 2.22. The van der Waals surface area contributed by atoms with Gasteiger partial charge in [0.05, 0.1) is 5.56 Å². The van der Waals surface area contributed by atoms with Gasteiger partial charge in [-0.25, -0.2) is 4.39 Å². The van der Waals surface area contributed by atoms with E-state index in [0.29, 0.717) is 36.1 Å². The number of para-hydroxylation sites is 1. The highest BCUT2D eigenvalue weighted by Gasteiger charge is 2.19. The lowest BCUT2D eigenvalue weighted by molar-refractivity contribution is 0.0747. The fourth-order valence-electron chi connectivity index (χ4n) is 2.66. The summed E-state index contributed by atoms with van der Waals surface area (Å²) in [6, 6.07) is 13.2. The van der Waals surface area contributed by atoms with E-state index in [4.69, 9.17) is 9.26 Å². The van der Waals surface area contributed by atoms with Crippen LogP contribution in [0.3, 0.4) is 0 Å². The number of carbonyl (C=O) groups is 1. The molecule has 140 valence electrons. The molecule has 1 amide bonds. The third kappa shape index (κ3) is 4.69. The smallest absolute Gasteiger partial charge is 0.257 e. The molecule has 1 heterocycles. The van der Waals surface area contributed by atoms with Gasteiger partial charge in [-0.05, 0) is 36.8 Å². The van der Waals surface area contributed by atoms with Crippen molar-refractivity contribution < 1.29 is 18.4 Å². The van der Waals surface area contributed by atoms with Gasteiger partial charge in [-0.2, -0.15) is 4.98 Å². The lowest BCUT2D eigenvalue weighted by Gasteiger charge is -2.22. The van der Waals surface area contributed by atoms with Crippen LogP contribution in [0, 0.1) is 12.7 Å². The highest BCUT2D eigenvalue weighted by atomic mass is 19.1. The lowest BCUT2D eigenvalue weighted by atomic mass is 10.1. The molecule has 0 aliphatic carbocycles. The summed E-state index contributed by atoms with van der Waals surface area (Å²) in [6.07, 6.45) is 0. The fraction of sp³-hybridized carbons (Fsp3) is 0.250. The van der Waals surface area contributed by atoms with Gasteiger partial charge in [0.25, 0.3) is 5.91 Å². The molecule has 0 fully saturated rings. The number of hydrogen-bond donors (Lipinski definition) is 0. The molecule has 0 saturated carbocycles. The Kier molecular flexibility index (Phi) is 5.80. The minimum atomic E-state index is -0.324. The fourth-order valence-corrected chi connectivity index (χ4v) is 2.66. The molecular formula is C20H20FN3O3. The van der Waals surface area contributed by atoms with Crippen molar-refractivity contribution in [2.75, 3.05) is 6.54 Å². The summed E-state index contributed by atoms with van der Waals surface area (Å²) >= 11 is 0. The Balaban J connectivity index is 1.76. The van der Waals surface area contributed by atoms with Crippen LogP contribution in [0.1, 0.15) is 34.6 Å². The normalized spacial score (nSPS) is 10.6. The zero-order chi connectivity index (χ0) is 19.2. The molecule has 3 aromatic rings. The van der Waals surface area contributed by atoms with Crippen LogP contribution < -0.4 is 4.74 Å². The summed E-state index contributed by atoms with van der Waals surface area (Å²) < 4.78 is 24.1. The van der Waals surface area contributed by atoms with E-state index in [-0.39, 0.29) is 18.3 Å². The monoisotopic (exact) mass is 369 g/mol. The van der Waals surface area contributed by atoms with Crippen molar-refractivity contribution in [1.29, 1.82) is 0 Å². The van der Waals surface area contributed by atoms with Crippen LogP contribution in [0.25, 0.3) is 0 Å². The van der Waals surface area contributed by atoms with Crippen molar-refractivity contribution in [3.8, 4) is 5.75 Å². The quantitative estimate of drug-likeness (QED) is 0.634. The van der Waals surface area contributed by atoms with Crippen LogP contribution in [0.2, 0.25) is 0 Å². The zero-order valence-electron chi connectivity index (χ0n) is 15.2. The number of halogens is 1. The average Bonchev–Trinajstić information content (AvgIpc) is 3.09. The first-order valence-electron chi connectivity index (χ1n) is 8.61. The van der Waals surface area contributed by atoms with E-state index in [9.17, 15) is 9.18 Å². The Morgan fingerprint density at radius 2 is 2.04 bits per heavy atom. The van der Waals surface area contributed by atoms with Crippen molar-refractivity contribution in [2.24, 2.45) is 0 Å². The molecule has 0 aliphatic rings. The van der Waals surface area contributed by atoms with Crippen molar-refractivity contribution in [3.05, 3.63) is 77.2 Å². The zero-order valence-corrected chi connectivity index (χ0v) is 15.2. The van der Waals surface area contributed by atoms with Gasteiger partial charge in [0.15, 0.2) is 6.61 Å². The van der Waals surface area contributed by atoms with Gasteiger partial charge in [0, 0.05) is 20.0 Å². The third-order valence-corrected chi connectivity index (χ3v) is 3.98. The summed E-state index contributed by atoms with van der Waals surface area (Å²) in [7, 11) is 0. The van der Waals surface area contributed by atoms with Crippen molar-refractivity contribution in [3.63, 3.8) is 0 Å². The Hall–Kier alpha value is -3.22. The second-order valence-electron chi connectivity index (χ2n) is 5.96. The largest absolute Gasteiger partial charge is 0.485 e. The number of aromatic nitrogens is 2. The van der Waals surface area contributed by atoms with E-state index in [0.717, 1.165) is 5.56 Å². The summed E-state index contributed by atoms with van der Waals surface area (Å²) in [5.41, 5.74) is 1.15. The van der Waals surface area contributed by atoms with E-state index >= 15 is 0 Å². The van der Waals surface area contributed by atoms with Gasteiger partial charge >= 0.3 is 0 Å². The molecule has 0 spiro atoms. The predicted octanol–water partition coefficient (Wildman–Crippen LogP) is 3.76. The minimum absolute atomic E-state index is 0.0949. The molecule has 0 atom stereocenters. The number of ether oxygens (including phenoxy) is 1. The van der Waals surface area contributed by atoms with E-state index < -0.39 is 0 Å². The summed E-state index contributed by atoms with van der Waals surface area (Å²) in [6.45, 7) is 4.46. The highest BCUT2D eigenvalue weighted by molar-refractivity contribution is 5.96. The van der Waals surface area contributed by atoms with Gasteiger partial charge in [-0.3, -0.25) is 4.79 Å². The Labute approximate surface area is 156 Å². The van der Waals surface area contributed by atoms with Crippen LogP contribution in [0.5, 0.6) is 5.75 Å². The molecule has 27 heavy (non-hydrogen) atoms. The van der Waals surface area contributed by atoms with Crippen LogP contribution in [0.4, 0.5) is 4.39 Å². The molecule has 0 bridgehead atoms. The number of benzene rings is 2. The van der Waals surface area contributed by atoms with E-state index in [1.807, 2.05) is 6.92 Å². The van der Waals surface area contributed by atoms with Gasteiger partial charge in [-0.1, -0.05) is 29.4 Å². The van der Waals surface area contributed by atoms with Gasteiger partial charge in [0.2, 0.25) is 11.7 Å². The molecule has 1 aromatic heterocycles. The number of nitrogens with zero attached hydrogens (tertiary/aromatic N) is 3. The lowest BCUT2D eigenvalue weighted by Crippen LogP contribution is -2.30. The van der Waals surface area contributed by atoms with E-state index in [1.54, 1.807) is 48.2 Å². The van der Waals surface area contributed by atoms with Crippen LogP contribution in [-0.4, -0.2) is 27.5 Å². The topological polar surface area (TPSA) is 68.5 Å². The van der Waals surface area contributed by atoms with Gasteiger partial charge < -0.3 is 14.2 Å². The second kappa shape index (κ2) is 8.44. The van der Waals surface area contributed by atoms with E-state index in [2.05, 4.69) is 10.1 Å². The maximum Gasteiger partial charge on any atom is 0.257 e. The maximum absolute atomic E-state index is 13.4. The number of rotatable bonds is 7. The number of carbonyl (C=O) groups excluding carboxylic acids is 1. The minimum Gasteiger partial charge on any atom is -0.485 e. The molecule has 0 unspecified atom stereocenters. The summed E-state index contributed by atoms with van der Waals surface area (Å²) in [5, 5.41) is 3.78. The predicted molar refractivity (Wildman–Crippen MR) is 96.6 cm³/mol. The number of amides is 1. The van der Waals surface area contributed by atoms with Crippen LogP contribution in [0.15, 0.2) is 53.1 Å². The van der Waals surface area contributed by atoms with Crippen LogP contribution in [-0.2, 0) is 13.2 Å². The summed E-state index contributed by atoms with van der Waals surface area (Å²) in [4.78, 5) is 18.7. The average molecular weight is 369 g/mol. The molecular weight excluding hydrogens is 349 g/mol. The number of aryl methyl sites for hydroxylation is 1. The second-order valence-corrected chi connectivity index (χ2v) is 5.96. The molecule has 0 aliphatic heterocycles. The first-order valence-corrected chi connectivity index (χ1v) is 8.61. The van der Waals surface area contributed by atoms with Crippen molar-refractivity contribution >= 4 is 5.91 Å². The molecule has 0 N–H and O–H groups in total. The molecule has 0 saturated heterocycles. The first kappa shape index (κ1) is 18.6. The Morgan fingerprint density at radius 1 is 1.22 bits per heavy atom. The third-order valence-electron chi connectivity index (χ3n) is 3.98. The Morgan fingerprint density at radius 3 is 2.74 bits per heavy atom. The van der Waals surface area contributed by atoms with E-state index in [1.165, 1.54) is 12.1 Å². The SMILES string of the molecule is CCN(Cc1cccc(F)c1)C(=O)c1ccccc1OCc1noc(C)n1. The first-order chi connectivity index (χ1) is 13.1. The molecule has 3 rings (SSSR count). The molecule has 7 heteroatoms. The van der Waals surface area contributed by atoms with Crippen molar-refractivity contribution in [2.45, 2.75) is 27.0 Å². The molecule has 6 nitrogen and oxygen atoms in total. The maximum atomic E-state index is 13.4. The van der Waals surface area contributed by atoms with Gasteiger partial charge in [0.1, 0.15) is 11.6 Å². The van der Waals surface area contributed by atoms with Gasteiger partial charge in [-0.15, -0.1) is 0 Å². The Bertz CT molecular complexity index is 926. The number of hydrogen-bond acceptors (Lipinski definition) is 5.